The molecule has 0 bridgehead atoms. The largest absolute Gasteiger partial charge is 0.500 e. The highest BCUT2D eigenvalue weighted by Crippen LogP contribution is 2.29. The van der Waals surface area contributed by atoms with Crippen LogP contribution in [-0.2, 0) is 4.74 Å². The number of nitrogens with zero attached hydrogens (tertiary/aromatic N) is 4. The fourth-order valence-corrected chi connectivity index (χ4v) is 3.61. The van der Waals surface area contributed by atoms with Gasteiger partial charge in [-0.15, -0.1) is 0 Å². The number of amidine groups is 1. The third-order valence-corrected chi connectivity index (χ3v) is 5.62. The Morgan fingerprint density at radius 1 is 1.34 bits per heavy atom. The lowest BCUT2D eigenvalue weighted by Gasteiger charge is -2.39. The number of carbonyl (C=O) groups excluding carboxylic acids is 1. The van der Waals surface area contributed by atoms with Gasteiger partial charge in [0.2, 0.25) is 5.96 Å². The van der Waals surface area contributed by atoms with Gasteiger partial charge in [0, 0.05) is 28.9 Å². The van der Waals surface area contributed by atoms with Gasteiger partial charge in [-0.3, -0.25) is 15.2 Å². The minimum atomic E-state index is -2.79. The standard InChI is InChI=1S/C26H32F2N8O2/c1-7-31-18-12-32-24(36-13-26(27,28)14-36)35-21(18)22(30)33-17-10-16(9-8-15(17)2)23(37)34-20(29)11-19(38-6)25(3,4)5/h7-12,33H,1,13-14,30H2,2-6H3,(H2,29,34,37)/b19-11-,22-21-,31-18-. The van der Waals surface area contributed by atoms with Crippen molar-refractivity contribution in [3.8, 4) is 0 Å². The molecule has 1 saturated heterocycles. The molecule has 202 valence electrons. The molecule has 1 fully saturated rings. The maximum Gasteiger partial charge on any atom is 0.282 e. The Kier molecular flexibility index (Phi) is 8.13. The molecule has 2 aliphatic rings. The van der Waals surface area contributed by atoms with Crippen LogP contribution < -0.4 is 16.4 Å². The molecule has 2 heterocycles. The van der Waals surface area contributed by atoms with Crippen molar-refractivity contribution < 1.29 is 18.3 Å². The first-order chi connectivity index (χ1) is 17.7. The van der Waals surface area contributed by atoms with Crippen LogP contribution in [0.4, 0.5) is 14.5 Å². The normalized spacial score (nSPS) is 19.3. The van der Waals surface area contributed by atoms with E-state index in [1.807, 2.05) is 27.7 Å². The van der Waals surface area contributed by atoms with E-state index in [4.69, 9.17) is 15.9 Å². The zero-order valence-corrected chi connectivity index (χ0v) is 22.0. The second kappa shape index (κ2) is 11.0. The monoisotopic (exact) mass is 526 g/mol. The fourth-order valence-electron chi connectivity index (χ4n) is 3.61. The molecule has 0 saturated carbocycles. The van der Waals surface area contributed by atoms with Crippen LogP contribution in [0, 0.1) is 17.7 Å². The second-order valence-corrected chi connectivity index (χ2v) is 9.83. The van der Waals surface area contributed by atoms with Crippen LogP contribution >= 0.6 is 0 Å². The zero-order chi connectivity index (χ0) is 28.3. The zero-order valence-electron chi connectivity index (χ0n) is 22.0. The van der Waals surface area contributed by atoms with E-state index >= 15 is 0 Å². The summed E-state index contributed by atoms with van der Waals surface area (Å²) in [5.74, 6) is -2.69. The Morgan fingerprint density at radius 3 is 2.61 bits per heavy atom. The fraction of sp³-hybridized carbons (Fsp3) is 0.346. The molecule has 1 amide bonds. The van der Waals surface area contributed by atoms with Crippen LogP contribution in [0.5, 0.6) is 0 Å². The summed E-state index contributed by atoms with van der Waals surface area (Å²) in [6.07, 6.45) is 4.13. The summed E-state index contributed by atoms with van der Waals surface area (Å²) in [6, 6.07) is 4.93. The van der Waals surface area contributed by atoms with E-state index in [2.05, 4.69) is 32.2 Å². The second-order valence-electron chi connectivity index (χ2n) is 9.83. The van der Waals surface area contributed by atoms with Crippen molar-refractivity contribution in [2.24, 2.45) is 26.1 Å². The van der Waals surface area contributed by atoms with Crippen LogP contribution in [0.2, 0.25) is 0 Å². The molecule has 38 heavy (non-hydrogen) atoms. The molecule has 1 aromatic rings. The lowest BCUT2D eigenvalue weighted by Crippen LogP contribution is -2.58. The summed E-state index contributed by atoms with van der Waals surface area (Å²) < 4.78 is 32.0. The maximum atomic E-state index is 13.4. The van der Waals surface area contributed by atoms with Crippen LogP contribution in [0.1, 0.15) is 36.7 Å². The van der Waals surface area contributed by atoms with Crippen LogP contribution in [0.25, 0.3) is 0 Å². The van der Waals surface area contributed by atoms with Crippen LogP contribution in [0.15, 0.2) is 69.3 Å². The molecular formula is C26H32F2N8O2. The van der Waals surface area contributed by atoms with Gasteiger partial charge in [0.15, 0.2) is 0 Å². The number of anilines is 1. The van der Waals surface area contributed by atoms with Crippen molar-refractivity contribution in [1.29, 1.82) is 5.41 Å². The minimum Gasteiger partial charge on any atom is -0.500 e. The molecule has 0 atom stereocenters. The van der Waals surface area contributed by atoms with Gasteiger partial charge in [-0.25, -0.2) is 18.8 Å². The molecule has 0 spiro atoms. The number of allylic oxidation sites excluding steroid dienone is 2. The van der Waals surface area contributed by atoms with E-state index in [1.54, 1.807) is 18.2 Å². The van der Waals surface area contributed by atoms with E-state index in [1.165, 1.54) is 30.5 Å². The summed E-state index contributed by atoms with van der Waals surface area (Å²) >= 11 is 0. The number of methoxy groups -OCH3 is 1. The number of likely N-dealkylation sites (tertiary alicyclic amines) is 1. The number of aryl methyl sites for hydroxylation is 1. The third kappa shape index (κ3) is 6.69. The maximum absolute atomic E-state index is 13.4. The predicted octanol–water partition coefficient (Wildman–Crippen LogP) is 3.79. The van der Waals surface area contributed by atoms with Crippen molar-refractivity contribution in [2.45, 2.75) is 33.6 Å². The molecule has 0 aliphatic carbocycles. The summed E-state index contributed by atoms with van der Waals surface area (Å²) in [7, 11) is 1.51. The number of alkyl halides is 2. The summed E-state index contributed by atoms with van der Waals surface area (Å²) in [5, 5.41) is 13.7. The number of aliphatic imine (C=N–C) groups is 3. The lowest BCUT2D eigenvalue weighted by atomic mass is 9.93. The lowest BCUT2D eigenvalue weighted by molar-refractivity contribution is -0.101. The number of hydrogen-bond acceptors (Lipinski definition) is 9. The molecule has 12 heteroatoms. The quantitative estimate of drug-likeness (QED) is 0.254. The number of benzene rings is 1. The number of guanidine groups is 1. The van der Waals surface area contributed by atoms with Crippen molar-refractivity contribution in [1.82, 2.24) is 10.2 Å². The van der Waals surface area contributed by atoms with Crippen molar-refractivity contribution in [2.75, 3.05) is 25.5 Å². The smallest absolute Gasteiger partial charge is 0.282 e. The number of carbonyl (C=O) groups is 1. The first-order valence-corrected chi connectivity index (χ1v) is 11.7. The van der Waals surface area contributed by atoms with Crippen molar-refractivity contribution >= 4 is 35.3 Å². The minimum absolute atomic E-state index is 0.0766. The molecule has 10 nitrogen and oxygen atoms in total. The number of nitrogens with two attached hydrogens (primary N) is 1. The molecule has 0 unspecified atom stereocenters. The highest BCUT2D eigenvalue weighted by Gasteiger charge is 2.46. The highest BCUT2D eigenvalue weighted by molar-refractivity contribution is 6.41. The number of rotatable bonds is 6. The van der Waals surface area contributed by atoms with Crippen LogP contribution in [-0.4, -0.2) is 60.7 Å². The Balaban J connectivity index is 1.85. The summed E-state index contributed by atoms with van der Waals surface area (Å²) in [4.78, 5) is 26.8. The molecular weight excluding hydrogens is 494 g/mol. The molecule has 1 aromatic carbocycles. The van der Waals surface area contributed by atoms with Crippen molar-refractivity contribution in [3.05, 3.63) is 65.5 Å². The van der Waals surface area contributed by atoms with E-state index < -0.39 is 24.9 Å². The average Bonchev–Trinajstić information content (AvgIpc) is 2.81. The highest BCUT2D eigenvalue weighted by atomic mass is 19.3. The van der Waals surface area contributed by atoms with E-state index in [9.17, 15) is 13.6 Å². The number of nitrogens with one attached hydrogen (secondary N) is 3. The SMILES string of the molecule is C=C/N=C1/C=NC(N2CC(F)(F)C2)=N/C1=C(/N)Nc1cc(C(=O)NC(=N)/C=C(\OC)C(C)(C)C)ccc1C. The third-order valence-electron chi connectivity index (χ3n) is 5.62. The van der Waals surface area contributed by atoms with E-state index in [0.29, 0.717) is 17.2 Å². The van der Waals surface area contributed by atoms with Gasteiger partial charge in [-0.2, -0.15) is 0 Å². The predicted molar refractivity (Wildman–Crippen MR) is 146 cm³/mol. The molecule has 0 aromatic heterocycles. The molecule has 2 aliphatic heterocycles. The summed E-state index contributed by atoms with van der Waals surface area (Å²) in [5.41, 5.74) is 8.03. The Bertz CT molecular complexity index is 1290. The number of amides is 1. The van der Waals surface area contributed by atoms with Gasteiger partial charge in [0.05, 0.1) is 26.4 Å². The first kappa shape index (κ1) is 28.2. The Morgan fingerprint density at radius 2 is 2.03 bits per heavy atom. The number of halogens is 2. The van der Waals surface area contributed by atoms with E-state index in [-0.39, 0.29) is 34.3 Å². The van der Waals surface area contributed by atoms with Crippen molar-refractivity contribution in [3.63, 3.8) is 0 Å². The van der Waals surface area contributed by atoms with Gasteiger partial charge in [0.25, 0.3) is 11.8 Å². The topological polar surface area (TPSA) is 141 Å². The first-order valence-electron chi connectivity index (χ1n) is 11.7. The molecule has 3 rings (SSSR count). The average molecular weight is 527 g/mol. The van der Waals surface area contributed by atoms with Crippen LogP contribution in [0.3, 0.4) is 0 Å². The van der Waals surface area contributed by atoms with E-state index in [0.717, 1.165) is 5.56 Å². The number of ether oxygens (including phenoxy) is 1. The molecule has 5 N–H and O–H groups in total. The molecule has 0 radical (unpaired) electrons. The van der Waals surface area contributed by atoms with Gasteiger partial charge in [0.1, 0.15) is 28.8 Å². The van der Waals surface area contributed by atoms with Gasteiger partial charge in [-0.1, -0.05) is 33.4 Å². The van der Waals surface area contributed by atoms with Gasteiger partial charge < -0.3 is 26.0 Å². The number of hydrogen-bond donors (Lipinski definition) is 4. The summed E-state index contributed by atoms with van der Waals surface area (Å²) in [6.45, 7) is 10.2. The Labute approximate surface area is 220 Å². The Hall–Kier alpha value is -4.35. The van der Waals surface area contributed by atoms with Gasteiger partial charge >= 0.3 is 0 Å². The van der Waals surface area contributed by atoms with Gasteiger partial charge in [-0.05, 0) is 24.6 Å².